The fourth-order valence-corrected chi connectivity index (χ4v) is 2.58. The Morgan fingerprint density at radius 3 is 2.86 bits per heavy atom. The molecule has 0 bridgehead atoms. The van der Waals surface area contributed by atoms with Crippen molar-refractivity contribution in [1.29, 1.82) is 0 Å². The number of carbonyl (C=O) groups is 2. The maximum Gasteiger partial charge on any atom is 0.244 e. The third-order valence-electron chi connectivity index (χ3n) is 3.95. The topological polar surface area (TPSA) is 61.4 Å². The number of hydrogen-bond acceptors (Lipinski definition) is 3. The number of hydrogen-bond donors (Lipinski definition) is 2. The molecular weight excluding hydrogens is 266 g/mol. The highest BCUT2D eigenvalue weighted by Crippen LogP contribution is 2.22. The Bertz CT molecular complexity index is 530. The minimum Gasteiger partial charge on any atom is -0.344 e. The van der Waals surface area contributed by atoms with Crippen molar-refractivity contribution in [2.45, 2.75) is 32.4 Å². The summed E-state index contributed by atoms with van der Waals surface area (Å²) in [5, 5.41) is 6.04. The fraction of sp³-hybridized carbons (Fsp3) is 0.500. The molecule has 1 aliphatic rings. The van der Waals surface area contributed by atoms with Crippen LogP contribution in [0.3, 0.4) is 0 Å². The monoisotopic (exact) mass is 289 g/mol. The fourth-order valence-electron chi connectivity index (χ4n) is 2.58. The van der Waals surface area contributed by atoms with Gasteiger partial charge in [0.1, 0.15) is 12.1 Å². The summed E-state index contributed by atoms with van der Waals surface area (Å²) in [6.45, 7) is 5.03. The Morgan fingerprint density at radius 1 is 1.43 bits per heavy atom. The van der Waals surface area contributed by atoms with Crippen molar-refractivity contribution in [3.63, 3.8) is 0 Å². The van der Waals surface area contributed by atoms with Crippen LogP contribution in [0.5, 0.6) is 0 Å². The van der Waals surface area contributed by atoms with E-state index in [-0.39, 0.29) is 17.9 Å². The zero-order valence-corrected chi connectivity index (χ0v) is 12.8. The molecule has 0 radical (unpaired) electrons. The molecule has 1 aliphatic heterocycles. The highest BCUT2D eigenvalue weighted by atomic mass is 16.2. The average molecular weight is 289 g/mol. The second-order valence-electron chi connectivity index (χ2n) is 5.42. The van der Waals surface area contributed by atoms with Crippen LogP contribution >= 0.6 is 0 Å². The predicted octanol–water partition coefficient (Wildman–Crippen LogP) is 0.856. The van der Waals surface area contributed by atoms with Crippen LogP contribution in [-0.4, -0.2) is 42.9 Å². The van der Waals surface area contributed by atoms with E-state index in [0.29, 0.717) is 6.54 Å². The van der Waals surface area contributed by atoms with Crippen LogP contribution in [0, 0.1) is 0 Å². The Kier molecular flexibility index (Phi) is 4.96. The molecule has 0 saturated heterocycles. The Labute approximate surface area is 125 Å². The number of likely N-dealkylation sites (N-methyl/N-ethyl adjacent to an activating group) is 1. The van der Waals surface area contributed by atoms with Crippen molar-refractivity contribution in [1.82, 2.24) is 15.5 Å². The molecule has 0 saturated carbocycles. The summed E-state index contributed by atoms with van der Waals surface area (Å²) in [7, 11) is 1.74. The standard InChI is InChI=1S/C16H23N3O2/c1-4-19(3)16(21)11(2)18-15(20)14-13-8-6-5-7-12(13)9-10-17-14/h5-8,11,14,17H,4,9-10H2,1-3H3,(H,18,20). The van der Waals surface area contributed by atoms with Gasteiger partial charge in [0, 0.05) is 20.1 Å². The first-order chi connectivity index (χ1) is 10.0. The zero-order chi connectivity index (χ0) is 15.4. The van der Waals surface area contributed by atoms with E-state index in [4.69, 9.17) is 0 Å². The molecular formula is C16H23N3O2. The first kappa shape index (κ1) is 15.5. The molecule has 2 N–H and O–H groups in total. The zero-order valence-electron chi connectivity index (χ0n) is 12.8. The van der Waals surface area contributed by atoms with Gasteiger partial charge in [-0.2, -0.15) is 0 Å². The molecule has 2 atom stereocenters. The lowest BCUT2D eigenvalue weighted by Gasteiger charge is -2.28. The van der Waals surface area contributed by atoms with E-state index in [9.17, 15) is 9.59 Å². The Hall–Kier alpha value is -1.88. The van der Waals surface area contributed by atoms with Crippen LogP contribution < -0.4 is 10.6 Å². The number of fused-ring (bicyclic) bond motifs is 1. The van der Waals surface area contributed by atoms with Gasteiger partial charge in [-0.15, -0.1) is 0 Å². The van der Waals surface area contributed by atoms with Gasteiger partial charge in [0.15, 0.2) is 0 Å². The summed E-state index contributed by atoms with van der Waals surface area (Å²) in [6, 6.07) is 7.05. The summed E-state index contributed by atoms with van der Waals surface area (Å²) >= 11 is 0. The van der Waals surface area contributed by atoms with Crippen LogP contribution in [0.4, 0.5) is 0 Å². The van der Waals surface area contributed by atoms with Crippen LogP contribution in [0.25, 0.3) is 0 Å². The van der Waals surface area contributed by atoms with Crippen LogP contribution in [0.15, 0.2) is 24.3 Å². The molecule has 0 fully saturated rings. The van der Waals surface area contributed by atoms with Gasteiger partial charge < -0.3 is 15.5 Å². The van der Waals surface area contributed by atoms with E-state index in [0.717, 1.165) is 18.5 Å². The first-order valence-electron chi connectivity index (χ1n) is 7.41. The van der Waals surface area contributed by atoms with Crippen molar-refractivity contribution in [2.75, 3.05) is 20.1 Å². The lowest BCUT2D eigenvalue weighted by Crippen LogP contribution is -2.49. The second kappa shape index (κ2) is 6.72. The van der Waals surface area contributed by atoms with Gasteiger partial charge in [-0.05, 0) is 31.4 Å². The van der Waals surface area contributed by atoms with Crippen LogP contribution in [0.1, 0.15) is 31.0 Å². The third kappa shape index (κ3) is 3.42. The Morgan fingerprint density at radius 2 is 2.14 bits per heavy atom. The molecule has 5 nitrogen and oxygen atoms in total. The van der Waals surface area contributed by atoms with E-state index in [2.05, 4.69) is 16.7 Å². The quantitative estimate of drug-likeness (QED) is 0.864. The average Bonchev–Trinajstić information content (AvgIpc) is 2.52. The summed E-state index contributed by atoms with van der Waals surface area (Å²) in [5.74, 6) is -0.220. The minimum absolute atomic E-state index is 0.0741. The molecule has 2 amide bonds. The van der Waals surface area contributed by atoms with E-state index >= 15 is 0 Å². The summed E-state index contributed by atoms with van der Waals surface area (Å²) in [4.78, 5) is 26.1. The number of nitrogens with zero attached hydrogens (tertiary/aromatic N) is 1. The van der Waals surface area contributed by atoms with Crippen molar-refractivity contribution in [3.8, 4) is 0 Å². The number of benzene rings is 1. The molecule has 0 aromatic heterocycles. The summed E-state index contributed by atoms with van der Waals surface area (Å²) < 4.78 is 0. The maximum absolute atomic E-state index is 12.4. The number of carbonyl (C=O) groups excluding carboxylic acids is 2. The molecule has 0 aliphatic carbocycles. The molecule has 2 unspecified atom stereocenters. The smallest absolute Gasteiger partial charge is 0.244 e. The lowest BCUT2D eigenvalue weighted by molar-refractivity contribution is -0.135. The second-order valence-corrected chi connectivity index (χ2v) is 5.42. The third-order valence-corrected chi connectivity index (χ3v) is 3.95. The first-order valence-corrected chi connectivity index (χ1v) is 7.41. The molecule has 1 heterocycles. The summed E-state index contributed by atoms with van der Waals surface area (Å²) in [6.07, 6.45) is 0.924. The molecule has 0 spiro atoms. The summed E-state index contributed by atoms with van der Waals surface area (Å²) in [5.41, 5.74) is 2.20. The number of rotatable bonds is 4. The van der Waals surface area contributed by atoms with Gasteiger partial charge in [-0.1, -0.05) is 24.3 Å². The minimum atomic E-state index is -0.515. The van der Waals surface area contributed by atoms with Crippen molar-refractivity contribution < 1.29 is 9.59 Å². The van der Waals surface area contributed by atoms with Gasteiger partial charge in [-0.25, -0.2) is 0 Å². The van der Waals surface area contributed by atoms with Crippen molar-refractivity contribution in [2.24, 2.45) is 0 Å². The lowest BCUT2D eigenvalue weighted by atomic mass is 9.94. The van der Waals surface area contributed by atoms with E-state index < -0.39 is 6.04 Å². The number of nitrogens with one attached hydrogen (secondary N) is 2. The molecule has 21 heavy (non-hydrogen) atoms. The van der Waals surface area contributed by atoms with Gasteiger partial charge in [0.05, 0.1) is 0 Å². The van der Waals surface area contributed by atoms with Gasteiger partial charge in [0.25, 0.3) is 0 Å². The van der Waals surface area contributed by atoms with E-state index in [1.54, 1.807) is 18.9 Å². The molecule has 5 heteroatoms. The largest absolute Gasteiger partial charge is 0.344 e. The van der Waals surface area contributed by atoms with Crippen LogP contribution in [-0.2, 0) is 16.0 Å². The maximum atomic E-state index is 12.4. The van der Waals surface area contributed by atoms with Crippen LogP contribution in [0.2, 0.25) is 0 Å². The normalized spacial score (nSPS) is 18.5. The molecule has 1 aromatic rings. The van der Waals surface area contributed by atoms with E-state index in [1.165, 1.54) is 5.56 Å². The molecule has 114 valence electrons. The number of amides is 2. The predicted molar refractivity (Wildman–Crippen MR) is 81.8 cm³/mol. The van der Waals surface area contributed by atoms with Gasteiger partial charge in [0.2, 0.25) is 11.8 Å². The molecule has 2 rings (SSSR count). The Balaban J connectivity index is 2.06. The van der Waals surface area contributed by atoms with E-state index in [1.807, 2.05) is 25.1 Å². The highest BCUT2D eigenvalue weighted by molar-refractivity contribution is 5.90. The van der Waals surface area contributed by atoms with Crippen molar-refractivity contribution >= 4 is 11.8 Å². The van der Waals surface area contributed by atoms with Gasteiger partial charge in [-0.3, -0.25) is 9.59 Å². The SMILES string of the molecule is CCN(C)C(=O)C(C)NC(=O)C1NCCc2ccccc21. The highest BCUT2D eigenvalue weighted by Gasteiger charge is 2.28. The molecule has 1 aromatic carbocycles. The van der Waals surface area contributed by atoms with Gasteiger partial charge >= 0.3 is 0 Å². The van der Waals surface area contributed by atoms with Crippen molar-refractivity contribution in [3.05, 3.63) is 35.4 Å².